The molecule has 0 aromatic heterocycles. The molecule has 0 spiro atoms. The number of fused-ring (bicyclic) bond motifs is 1. The smallest absolute Gasteiger partial charge is 0.207 e. The fourth-order valence-electron chi connectivity index (χ4n) is 6.79. The van der Waals surface area contributed by atoms with Crippen LogP contribution in [0.15, 0.2) is 26.1 Å². The highest BCUT2D eigenvalue weighted by molar-refractivity contribution is 7.99. The Morgan fingerprint density at radius 2 is 1.44 bits per heavy atom. The number of rotatable bonds is 8. The third-order valence-electron chi connectivity index (χ3n) is 8.22. The third kappa shape index (κ3) is 3.55. The molecule has 0 aliphatic heterocycles. The van der Waals surface area contributed by atoms with Crippen molar-refractivity contribution in [1.29, 1.82) is 0 Å². The Hall–Kier alpha value is -4.48. The Labute approximate surface area is 248 Å². The van der Waals surface area contributed by atoms with Crippen LogP contribution in [0.2, 0.25) is 0 Å². The zero-order chi connectivity index (χ0) is 31.1. The van der Waals surface area contributed by atoms with E-state index in [0.717, 1.165) is 11.8 Å². The van der Waals surface area contributed by atoms with Crippen LogP contribution in [-0.4, -0.2) is 61.9 Å². The summed E-state index contributed by atoms with van der Waals surface area (Å²) in [5.41, 5.74) is 0.511. The third-order valence-corrected chi connectivity index (χ3v) is 9.27. The van der Waals surface area contributed by atoms with E-state index in [1.54, 1.807) is 6.92 Å². The number of ether oxygens (including phenoxy) is 4. The minimum absolute atomic E-state index is 0.0371. The summed E-state index contributed by atoms with van der Waals surface area (Å²) in [5.74, 6) is -0.729. The van der Waals surface area contributed by atoms with Crippen molar-refractivity contribution in [2.45, 2.75) is 25.2 Å². The van der Waals surface area contributed by atoms with Crippen LogP contribution in [0.25, 0.3) is 48.7 Å². The number of carbonyl (C=O) groups excluding carboxylic acids is 1. The number of Topliss-reactive ketones (excluding diaryl/α,β-unsaturated/α-hetero) is 1. The Balaban J connectivity index is 2.18. The molecule has 222 valence electrons. The number of hydrogen-bond acceptors (Lipinski definition) is 11. The maximum atomic E-state index is 14.2. The standard InChI is InChI=1S/C32H28O10S/c1-11-9-13-17-20-18(26(36)29(13)40-4)14(35)10-15(39-3)19(20)24-22-21(17)23(16(11)12(2)34)30(41-5)27(37)25(22)28(38)32(31(24)42-6)43-8-7-33/h10,33,36-37H,7-9H2,1-6H3. The Kier molecular flexibility index (Phi) is 6.70. The second kappa shape index (κ2) is 10.1. The fourth-order valence-corrected chi connectivity index (χ4v) is 7.63. The van der Waals surface area contributed by atoms with E-state index in [4.69, 9.17) is 18.9 Å². The van der Waals surface area contributed by atoms with Crippen LogP contribution < -0.4 is 29.8 Å². The van der Waals surface area contributed by atoms with Crippen LogP contribution in [0.3, 0.4) is 0 Å². The van der Waals surface area contributed by atoms with Gasteiger partial charge in [0.25, 0.3) is 0 Å². The summed E-state index contributed by atoms with van der Waals surface area (Å²) in [7, 11) is 5.51. The molecular formula is C32H28O10S. The van der Waals surface area contributed by atoms with Crippen molar-refractivity contribution in [3.8, 4) is 34.5 Å². The van der Waals surface area contributed by atoms with E-state index < -0.39 is 16.6 Å². The molecular weight excluding hydrogens is 576 g/mol. The van der Waals surface area contributed by atoms with E-state index in [9.17, 15) is 29.7 Å². The molecule has 10 nitrogen and oxygen atoms in total. The molecule has 0 radical (unpaired) electrons. The monoisotopic (exact) mass is 604 g/mol. The molecule has 0 bridgehead atoms. The molecule has 0 saturated heterocycles. The molecule has 0 fully saturated rings. The van der Waals surface area contributed by atoms with Crippen molar-refractivity contribution in [2.24, 2.45) is 0 Å². The van der Waals surface area contributed by atoms with Gasteiger partial charge in [0.15, 0.2) is 34.2 Å². The van der Waals surface area contributed by atoms with Crippen LogP contribution in [0, 0.1) is 0 Å². The Morgan fingerprint density at radius 3 is 2.02 bits per heavy atom. The van der Waals surface area contributed by atoms with Gasteiger partial charge in [-0.3, -0.25) is 14.4 Å². The minimum atomic E-state index is -0.562. The van der Waals surface area contributed by atoms with Gasteiger partial charge in [0.2, 0.25) is 5.43 Å². The van der Waals surface area contributed by atoms with Gasteiger partial charge < -0.3 is 34.3 Å². The lowest BCUT2D eigenvalue weighted by molar-refractivity contribution is -0.111. The highest BCUT2D eigenvalue weighted by Crippen LogP contribution is 2.58. The van der Waals surface area contributed by atoms with Crippen molar-refractivity contribution in [3.63, 3.8) is 0 Å². The summed E-state index contributed by atoms with van der Waals surface area (Å²) in [6.45, 7) is 2.93. The van der Waals surface area contributed by atoms with Crippen molar-refractivity contribution >= 4 is 66.2 Å². The van der Waals surface area contributed by atoms with Gasteiger partial charge in [0, 0.05) is 55.5 Å². The molecule has 0 atom stereocenters. The first-order valence-electron chi connectivity index (χ1n) is 13.4. The predicted octanol–water partition coefficient (Wildman–Crippen LogP) is 4.34. The number of aliphatic hydroxyl groups is 1. The van der Waals surface area contributed by atoms with Gasteiger partial charge in [-0.1, -0.05) is 5.57 Å². The number of methoxy groups -OCH3 is 4. The van der Waals surface area contributed by atoms with E-state index in [2.05, 4.69) is 0 Å². The number of aromatic hydroxyl groups is 2. The first kappa shape index (κ1) is 28.6. The topological polar surface area (TPSA) is 149 Å². The highest BCUT2D eigenvalue weighted by atomic mass is 32.2. The normalized spacial score (nSPS) is 13.1. The zero-order valence-corrected chi connectivity index (χ0v) is 25.1. The van der Waals surface area contributed by atoms with E-state index in [-0.39, 0.29) is 85.5 Å². The number of phenols is 2. The molecule has 1 aliphatic rings. The summed E-state index contributed by atoms with van der Waals surface area (Å²) >= 11 is 1.05. The molecule has 11 heteroatoms. The lowest BCUT2D eigenvalue weighted by Gasteiger charge is -2.25. The molecule has 1 aliphatic carbocycles. The summed E-state index contributed by atoms with van der Waals surface area (Å²) in [6, 6.07) is 1.25. The van der Waals surface area contributed by atoms with Gasteiger partial charge in [-0.25, -0.2) is 0 Å². The number of carbonyl (C=O) groups is 1. The summed E-state index contributed by atoms with van der Waals surface area (Å²) < 4.78 is 23.1. The molecule has 0 unspecified atom stereocenters. The van der Waals surface area contributed by atoms with Crippen LogP contribution >= 0.6 is 11.8 Å². The number of phenolic OH excluding ortho intramolecular Hbond substituents is 2. The van der Waals surface area contributed by atoms with Crippen LogP contribution in [0.5, 0.6) is 34.5 Å². The van der Waals surface area contributed by atoms with Crippen molar-refractivity contribution in [1.82, 2.24) is 0 Å². The van der Waals surface area contributed by atoms with Crippen LogP contribution in [0.4, 0.5) is 0 Å². The summed E-state index contributed by atoms with van der Waals surface area (Å²) in [5, 5.41) is 34.9. The quantitative estimate of drug-likeness (QED) is 0.132. The summed E-state index contributed by atoms with van der Waals surface area (Å²) in [4.78, 5) is 41.3. The molecule has 43 heavy (non-hydrogen) atoms. The average Bonchev–Trinajstić information content (AvgIpc) is 3.10. The molecule has 0 saturated carbocycles. The second-order valence-corrected chi connectivity index (χ2v) is 11.5. The summed E-state index contributed by atoms with van der Waals surface area (Å²) in [6.07, 6.45) is 0.142. The lowest BCUT2D eigenvalue weighted by atomic mass is 9.82. The SMILES string of the molecule is COc1c(O)c2c(=O)cc(OC)c3c4c(OC)c(SCCO)c(=O)c5c(O)c(OC)c6c(c(c1CC(C)=C6C(C)=O)c23)c54. The van der Waals surface area contributed by atoms with E-state index >= 15 is 0 Å². The molecule has 0 amide bonds. The Bertz CT molecular complexity index is 2180. The van der Waals surface area contributed by atoms with E-state index in [1.807, 2.05) is 0 Å². The second-order valence-electron chi connectivity index (χ2n) is 10.3. The molecule has 0 heterocycles. The van der Waals surface area contributed by atoms with Crippen LogP contribution in [0.1, 0.15) is 25.0 Å². The number of thioether (sulfide) groups is 1. The molecule has 5 aromatic carbocycles. The first-order valence-corrected chi connectivity index (χ1v) is 14.3. The van der Waals surface area contributed by atoms with Crippen molar-refractivity contribution in [3.05, 3.63) is 43.2 Å². The number of ketones is 1. The van der Waals surface area contributed by atoms with Gasteiger partial charge in [0.05, 0.1) is 50.7 Å². The van der Waals surface area contributed by atoms with E-state index in [0.29, 0.717) is 38.1 Å². The molecule has 5 aromatic rings. The molecule has 3 N–H and O–H groups in total. The fraction of sp³-hybridized carbons (Fsp3) is 0.281. The van der Waals surface area contributed by atoms with Gasteiger partial charge in [-0.15, -0.1) is 11.8 Å². The number of allylic oxidation sites excluding steroid dienone is 2. The maximum Gasteiger partial charge on any atom is 0.207 e. The largest absolute Gasteiger partial charge is 0.504 e. The highest BCUT2D eigenvalue weighted by Gasteiger charge is 2.37. The minimum Gasteiger partial charge on any atom is -0.504 e. The van der Waals surface area contributed by atoms with Gasteiger partial charge in [0.1, 0.15) is 11.5 Å². The van der Waals surface area contributed by atoms with Crippen LogP contribution in [-0.2, 0) is 11.2 Å². The average molecular weight is 605 g/mol. The van der Waals surface area contributed by atoms with Gasteiger partial charge >= 0.3 is 0 Å². The molecule has 6 rings (SSSR count). The Morgan fingerprint density at radius 1 is 0.814 bits per heavy atom. The maximum absolute atomic E-state index is 14.2. The predicted molar refractivity (Wildman–Crippen MR) is 166 cm³/mol. The number of hydrogen-bond donors (Lipinski definition) is 3. The van der Waals surface area contributed by atoms with E-state index in [1.165, 1.54) is 41.4 Å². The number of aliphatic hydroxyl groups excluding tert-OH is 1. The number of benzene rings is 5. The van der Waals surface area contributed by atoms with Gasteiger partial charge in [-0.05, 0) is 25.7 Å². The van der Waals surface area contributed by atoms with Crippen molar-refractivity contribution in [2.75, 3.05) is 40.8 Å². The van der Waals surface area contributed by atoms with Gasteiger partial charge in [-0.2, -0.15) is 0 Å². The zero-order valence-electron chi connectivity index (χ0n) is 24.3. The van der Waals surface area contributed by atoms with Crippen molar-refractivity contribution < 1.29 is 39.1 Å². The lowest BCUT2D eigenvalue weighted by Crippen LogP contribution is -2.13. The first-order chi connectivity index (χ1) is 20.6.